The third kappa shape index (κ3) is 6.39. The van der Waals surface area contributed by atoms with Crippen LogP contribution in [0.25, 0.3) is 0 Å². The summed E-state index contributed by atoms with van der Waals surface area (Å²) in [6, 6.07) is 5.22. The molecule has 1 heterocycles. The van der Waals surface area contributed by atoms with Gasteiger partial charge in [0, 0.05) is 12.1 Å². The molecule has 3 atom stereocenters. The number of nitrogens with zero attached hydrogens (tertiary/aromatic N) is 1. The highest BCUT2D eigenvalue weighted by atomic mass is 19.4. The number of likely N-dealkylation sites (tertiary alicyclic amines) is 1. The molecule has 1 saturated carbocycles. The maximum absolute atomic E-state index is 14.8. The molecular formula is C27H26F7N3O3. The van der Waals surface area contributed by atoms with Crippen molar-refractivity contribution in [3.05, 3.63) is 65.0 Å². The van der Waals surface area contributed by atoms with Crippen molar-refractivity contribution >= 4 is 23.4 Å². The van der Waals surface area contributed by atoms with Gasteiger partial charge in [-0.05, 0) is 55.4 Å². The fourth-order valence-corrected chi connectivity index (χ4v) is 4.90. The number of hydrogen-bond donors (Lipinski definition) is 2. The molecule has 13 heteroatoms. The summed E-state index contributed by atoms with van der Waals surface area (Å²) in [5, 5.41) is 4.40. The Morgan fingerprint density at radius 1 is 1.02 bits per heavy atom. The van der Waals surface area contributed by atoms with Crippen LogP contribution in [0.1, 0.15) is 60.1 Å². The van der Waals surface area contributed by atoms with Gasteiger partial charge in [-0.2, -0.15) is 26.3 Å². The summed E-state index contributed by atoms with van der Waals surface area (Å²) in [6.45, 7) is 1.95. The standard InChI is InChI=1S/C27H26F7N3O3/c1-2-14-11-21(37(13-14)24(39)18-5-3-4-6-20(18)35-25(40)27(32,33)34)23(38)36-22(15-7-8-15)17-10-9-16(12-19(17)28)26(29,30)31/h3-6,9-10,12,14-15,21-22H,2,7-8,11,13H2,1H3,(H,35,40)(H,36,38)/t14-,21-,22?/m1/s1. The number of para-hydroxylation sites is 1. The molecule has 2 N–H and O–H groups in total. The first-order valence-corrected chi connectivity index (χ1v) is 12.7. The van der Waals surface area contributed by atoms with Crippen LogP contribution in [0.3, 0.4) is 0 Å². The minimum Gasteiger partial charge on any atom is -0.347 e. The number of hydrogen-bond acceptors (Lipinski definition) is 3. The van der Waals surface area contributed by atoms with Gasteiger partial charge in [0.2, 0.25) is 5.91 Å². The van der Waals surface area contributed by atoms with Gasteiger partial charge < -0.3 is 15.5 Å². The normalized spacial score (nSPS) is 20.2. The van der Waals surface area contributed by atoms with Crippen LogP contribution in [0, 0.1) is 17.7 Å². The zero-order valence-corrected chi connectivity index (χ0v) is 21.2. The number of carbonyl (C=O) groups is 3. The fourth-order valence-electron chi connectivity index (χ4n) is 4.90. The van der Waals surface area contributed by atoms with Crippen molar-refractivity contribution in [2.24, 2.45) is 11.8 Å². The average Bonchev–Trinajstić information content (AvgIpc) is 3.63. The highest BCUT2D eigenvalue weighted by molar-refractivity contribution is 6.06. The molecule has 4 rings (SSSR count). The maximum atomic E-state index is 14.8. The maximum Gasteiger partial charge on any atom is 0.471 e. The number of alkyl halides is 6. The molecule has 3 amide bonds. The molecule has 2 aliphatic rings. The summed E-state index contributed by atoms with van der Waals surface area (Å²) in [7, 11) is 0. The molecule has 6 nitrogen and oxygen atoms in total. The lowest BCUT2D eigenvalue weighted by molar-refractivity contribution is -0.167. The van der Waals surface area contributed by atoms with Gasteiger partial charge in [0.25, 0.3) is 5.91 Å². The molecule has 0 radical (unpaired) electrons. The minimum absolute atomic E-state index is 0.105. The first-order chi connectivity index (χ1) is 18.7. The molecule has 2 aromatic carbocycles. The second-order valence-corrected chi connectivity index (χ2v) is 10.0. The number of benzene rings is 2. The lowest BCUT2D eigenvalue weighted by Gasteiger charge is -2.28. The van der Waals surface area contributed by atoms with E-state index in [1.165, 1.54) is 23.1 Å². The Hall–Kier alpha value is -3.64. The van der Waals surface area contributed by atoms with Crippen molar-refractivity contribution in [1.29, 1.82) is 0 Å². The van der Waals surface area contributed by atoms with Gasteiger partial charge in [-0.15, -0.1) is 0 Å². The van der Waals surface area contributed by atoms with E-state index in [0.29, 0.717) is 25.3 Å². The van der Waals surface area contributed by atoms with Crippen molar-refractivity contribution in [3.63, 3.8) is 0 Å². The van der Waals surface area contributed by atoms with Crippen LogP contribution in [-0.4, -0.2) is 41.4 Å². The van der Waals surface area contributed by atoms with Crippen LogP contribution in [0.5, 0.6) is 0 Å². The zero-order valence-electron chi connectivity index (χ0n) is 21.2. The molecule has 1 saturated heterocycles. The molecule has 0 spiro atoms. The van der Waals surface area contributed by atoms with Crippen LogP contribution in [0.2, 0.25) is 0 Å². The lowest BCUT2D eigenvalue weighted by Crippen LogP contribution is -2.47. The van der Waals surface area contributed by atoms with Crippen LogP contribution in [0.15, 0.2) is 42.5 Å². The Labute approximate surface area is 224 Å². The van der Waals surface area contributed by atoms with Gasteiger partial charge in [-0.3, -0.25) is 14.4 Å². The zero-order chi connectivity index (χ0) is 29.4. The van der Waals surface area contributed by atoms with Crippen molar-refractivity contribution in [1.82, 2.24) is 10.2 Å². The van der Waals surface area contributed by atoms with Crippen molar-refractivity contribution in [2.45, 2.75) is 57.0 Å². The second-order valence-electron chi connectivity index (χ2n) is 10.0. The molecule has 2 fully saturated rings. The average molecular weight is 574 g/mol. The van der Waals surface area contributed by atoms with Crippen LogP contribution in [-0.2, 0) is 15.8 Å². The van der Waals surface area contributed by atoms with E-state index in [-0.39, 0.29) is 41.6 Å². The molecule has 216 valence electrons. The van der Waals surface area contributed by atoms with E-state index >= 15 is 0 Å². The van der Waals surface area contributed by atoms with Gasteiger partial charge in [0.1, 0.15) is 11.9 Å². The largest absolute Gasteiger partial charge is 0.471 e. The number of carbonyl (C=O) groups excluding carboxylic acids is 3. The first-order valence-electron chi connectivity index (χ1n) is 12.7. The summed E-state index contributed by atoms with van der Waals surface area (Å²) in [5.41, 5.74) is -1.89. The smallest absolute Gasteiger partial charge is 0.347 e. The van der Waals surface area contributed by atoms with E-state index in [9.17, 15) is 45.1 Å². The quantitative estimate of drug-likeness (QED) is 0.408. The molecule has 40 heavy (non-hydrogen) atoms. The molecular weight excluding hydrogens is 547 g/mol. The first kappa shape index (κ1) is 29.3. The van der Waals surface area contributed by atoms with E-state index in [2.05, 4.69) is 5.32 Å². The van der Waals surface area contributed by atoms with Gasteiger partial charge in [0.05, 0.1) is 22.9 Å². The van der Waals surface area contributed by atoms with E-state index in [1.807, 2.05) is 6.92 Å². The summed E-state index contributed by atoms with van der Waals surface area (Å²) >= 11 is 0. The van der Waals surface area contributed by atoms with Gasteiger partial charge in [0.15, 0.2) is 0 Å². The highest BCUT2D eigenvalue weighted by Crippen LogP contribution is 2.43. The van der Waals surface area contributed by atoms with Gasteiger partial charge in [-0.25, -0.2) is 4.39 Å². The van der Waals surface area contributed by atoms with Crippen molar-refractivity contribution in [3.8, 4) is 0 Å². The summed E-state index contributed by atoms with van der Waals surface area (Å²) in [6.07, 6.45) is -7.90. The third-order valence-electron chi connectivity index (χ3n) is 7.25. The second kappa shape index (κ2) is 11.1. The molecule has 1 aliphatic carbocycles. The Balaban J connectivity index is 1.58. The highest BCUT2D eigenvalue weighted by Gasteiger charge is 2.44. The minimum atomic E-state index is -5.19. The van der Waals surface area contributed by atoms with Crippen LogP contribution in [0.4, 0.5) is 36.4 Å². The number of amides is 3. The molecule has 0 bridgehead atoms. The van der Waals surface area contributed by atoms with Gasteiger partial charge >= 0.3 is 18.3 Å². The molecule has 1 unspecified atom stereocenters. The number of anilines is 1. The van der Waals surface area contributed by atoms with Crippen molar-refractivity contribution < 1.29 is 45.1 Å². The van der Waals surface area contributed by atoms with E-state index in [4.69, 9.17) is 0 Å². The summed E-state index contributed by atoms with van der Waals surface area (Å²) in [5.74, 6) is -5.15. The van der Waals surface area contributed by atoms with E-state index in [1.54, 1.807) is 5.32 Å². The third-order valence-corrected chi connectivity index (χ3v) is 7.25. The Morgan fingerprint density at radius 3 is 2.27 bits per heavy atom. The topological polar surface area (TPSA) is 78.5 Å². The number of rotatable bonds is 7. The van der Waals surface area contributed by atoms with Gasteiger partial charge in [-0.1, -0.05) is 31.5 Å². The Bertz CT molecular complexity index is 1290. The van der Waals surface area contributed by atoms with Crippen LogP contribution >= 0.6 is 0 Å². The predicted molar refractivity (Wildman–Crippen MR) is 129 cm³/mol. The fraction of sp³-hybridized carbons (Fsp3) is 0.444. The Morgan fingerprint density at radius 2 is 1.70 bits per heavy atom. The van der Waals surface area contributed by atoms with E-state index < -0.39 is 53.5 Å². The Kier molecular flexibility index (Phi) is 8.13. The number of halogens is 7. The monoisotopic (exact) mass is 573 g/mol. The summed E-state index contributed by atoms with van der Waals surface area (Å²) in [4.78, 5) is 39.7. The molecule has 0 aromatic heterocycles. The van der Waals surface area contributed by atoms with Crippen molar-refractivity contribution in [2.75, 3.05) is 11.9 Å². The SMILES string of the molecule is CC[C@@H]1C[C@H](C(=O)NC(c2ccc(C(F)(F)F)cc2F)C2CC2)N(C(=O)c2ccccc2NC(=O)C(F)(F)F)C1. The van der Waals surface area contributed by atoms with E-state index in [0.717, 1.165) is 18.2 Å². The van der Waals surface area contributed by atoms with Crippen LogP contribution < -0.4 is 10.6 Å². The predicted octanol–water partition coefficient (Wildman–Crippen LogP) is 5.85. The molecule has 2 aromatic rings. The summed E-state index contributed by atoms with van der Waals surface area (Å²) < 4.78 is 92.3. The number of nitrogens with one attached hydrogen (secondary N) is 2. The lowest BCUT2D eigenvalue weighted by atomic mass is 9.98. The molecule has 1 aliphatic heterocycles.